The summed E-state index contributed by atoms with van der Waals surface area (Å²) in [6, 6.07) is 9.41. The van der Waals surface area contributed by atoms with Crippen LogP contribution in [0.3, 0.4) is 0 Å². The molecule has 0 aliphatic heterocycles. The molecule has 2 rings (SSSR count). The van der Waals surface area contributed by atoms with E-state index < -0.39 is 17.6 Å². The van der Waals surface area contributed by atoms with Gasteiger partial charge < -0.3 is 15.2 Å². The number of nitrogens with one attached hydrogen (secondary N) is 1. The predicted octanol–water partition coefficient (Wildman–Crippen LogP) is 3.34. The van der Waals surface area contributed by atoms with E-state index in [2.05, 4.69) is 5.32 Å². The highest BCUT2D eigenvalue weighted by Crippen LogP contribution is 2.36. The van der Waals surface area contributed by atoms with Crippen LogP contribution in [0.5, 0.6) is 0 Å². The van der Waals surface area contributed by atoms with Crippen LogP contribution in [0.15, 0.2) is 30.3 Å². The summed E-state index contributed by atoms with van der Waals surface area (Å²) in [5.41, 5.74) is 0.147. The normalized spacial score (nSPS) is 17.7. The Hall–Kier alpha value is -2.04. The summed E-state index contributed by atoms with van der Waals surface area (Å²) in [7, 11) is 0. The van der Waals surface area contributed by atoms with E-state index in [0.29, 0.717) is 0 Å². The third-order valence-electron chi connectivity index (χ3n) is 4.38. The van der Waals surface area contributed by atoms with E-state index in [0.717, 1.165) is 31.2 Å². The second-order valence-electron chi connectivity index (χ2n) is 6.16. The maximum Gasteiger partial charge on any atom is 0.407 e. The van der Waals surface area contributed by atoms with Crippen molar-refractivity contribution in [2.45, 2.75) is 51.2 Å². The molecule has 0 bridgehead atoms. The fraction of sp³-hybridized carbons (Fsp3) is 0.529. The number of hydrogen-bond donors (Lipinski definition) is 2. The van der Waals surface area contributed by atoms with Crippen molar-refractivity contribution in [2.24, 2.45) is 5.92 Å². The molecule has 2 N–H and O–H groups in total. The summed E-state index contributed by atoms with van der Waals surface area (Å²) in [6.45, 7) is 1.99. The molecular formula is C17H23NO4. The number of ether oxygens (including phenoxy) is 1. The van der Waals surface area contributed by atoms with Crippen LogP contribution >= 0.6 is 0 Å². The van der Waals surface area contributed by atoms with E-state index >= 15 is 0 Å². The molecule has 1 unspecified atom stereocenters. The summed E-state index contributed by atoms with van der Waals surface area (Å²) in [5.74, 6) is -0.717. The minimum absolute atomic E-state index is 0.0852. The van der Waals surface area contributed by atoms with Gasteiger partial charge in [0.1, 0.15) is 6.61 Å². The molecular weight excluding hydrogens is 282 g/mol. The van der Waals surface area contributed by atoms with E-state index in [4.69, 9.17) is 9.84 Å². The summed E-state index contributed by atoms with van der Waals surface area (Å²) in [5, 5.41) is 11.9. The fourth-order valence-corrected chi connectivity index (χ4v) is 3.16. The van der Waals surface area contributed by atoms with Gasteiger partial charge in [0.25, 0.3) is 0 Å². The van der Waals surface area contributed by atoms with Crippen LogP contribution in [-0.4, -0.2) is 22.7 Å². The van der Waals surface area contributed by atoms with Crippen LogP contribution in [0.2, 0.25) is 0 Å². The summed E-state index contributed by atoms with van der Waals surface area (Å²) in [4.78, 5) is 23.2. The van der Waals surface area contributed by atoms with Gasteiger partial charge in [-0.1, -0.05) is 43.2 Å². The number of carbonyl (C=O) groups excluding carboxylic acids is 1. The molecule has 1 aromatic carbocycles. The monoisotopic (exact) mass is 305 g/mol. The number of amides is 1. The van der Waals surface area contributed by atoms with Crippen molar-refractivity contribution in [1.29, 1.82) is 0 Å². The molecule has 120 valence electrons. The summed E-state index contributed by atoms with van der Waals surface area (Å²) in [6.07, 6.45) is 3.42. The molecule has 1 fully saturated rings. The molecule has 0 spiro atoms. The Morgan fingerprint density at radius 1 is 1.27 bits per heavy atom. The first kappa shape index (κ1) is 16.3. The van der Waals surface area contributed by atoms with Gasteiger partial charge in [0.15, 0.2) is 0 Å². The molecule has 0 aromatic heterocycles. The van der Waals surface area contributed by atoms with Crippen LogP contribution in [0.25, 0.3) is 0 Å². The van der Waals surface area contributed by atoms with Gasteiger partial charge in [-0.25, -0.2) is 4.79 Å². The highest BCUT2D eigenvalue weighted by atomic mass is 16.5. The number of hydrogen-bond acceptors (Lipinski definition) is 3. The van der Waals surface area contributed by atoms with Crippen LogP contribution in [-0.2, 0) is 16.1 Å². The molecule has 0 radical (unpaired) electrons. The molecule has 0 heterocycles. The Balaban J connectivity index is 1.94. The summed E-state index contributed by atoms with van der Waals surface area (Å²) >= 11 is 0. The zero-order chi connectivity index (χ0) is 16.0. The van der Waals surface area contributed by atoms with Gasteiger partial charge in [0, 0.05) is 0 Å². The molecule has 5 heteroatoms. The van der Waals surface area contributed by atoms with Gasteiger partial charge in [-0.05, 0) is 31.2 Å². The lowest BCUT2D eigenvalue weighted by atomic mass is 9.81. The van der Waals surface area contributed by atoms with E-state index in [9.17, 15) is 9.59 Å². The molecule has 0 saturated heterocycles. The van der Waals surface area contributed by atoms with Crippen LogP contribution in [0.4, 0.5) is 4.79 Å². The lowest BCUT2D eigenvalue weighted by Crippen LogP contribution is -2.52. The minimum Gasteiger partial charge on any atom is -0.481 e. The van der Waals surface area contributed by atoms with Gasteiger partial charge in [0.05, 0.1) is 12.0 Å². The van der Waals surface area contributed by atoms with Gasteiger partial charge in [-0.2, -0.15) is 0 Å². The molecule has 1 aliphatic rings. The Morgan fingerprint density at radius 3 is 2.50 bits per heavy atom. The van der Waals surface area contributed by atoms with Crippen LogP contribution in [0, 0.1) is 5.92 Å². The quantitative estimate of drug-likeness (QED) is 0.845. The number of carbonyl (C=O) groups is 2. The predicted molar refractivity (Wildman–Crippen MR) is 82.4 cm³/mol. The Morgan fingerprint density at radius 2 is 1.91 bits per heavy atom. The van der Waals surface area contributed by atoms with Crippen molar-refractivity contribution in [1.82, 2.24) is 5.32 Å². The first-order chi connectivity index (χ1) is 10.5. The number of carboxylic acids is 1. The van der Waals surface area contributed by atoms with Crippen molar-refractivity contribution in [3.8, 4) is 0 Å². The first-order valence-electron chi connectivity index (χ1n) is 7.70. The molecule has 22 heavy (non-hydrogen) atoms. The number of rotatable bonds is 6. The van der Waals surface area contributed by atoms with Crippen LogP contribution < -0.4 is 5.32 Å². The van der Waals surface area contributed by atoms with Crippen molar-refractivity contribution < 1.29 is 19.4 Å². The van der Waals surface area contributed by atoms with E-state index in [-0.39, 0.29) is 18.9 Å². The molecule has 1 aliphatic carbocycles. The topological polar surface area (TPSA) is 75.6 Å². The zero-order valence-electron chi connectivity index (χ0n) is 12.9. The summed E-state index contributed by atoms with van der Waals surface area (Å²) < 4.78 is 5.22. The third-order valence-corrected chi connectivity index (χ3v) is 4.38. The van der Waals surface area contributed by atoms with E-state index in [1.165, 1.54) is 0 Å². The smallest absolute Gasteiger partial charge is 0.407 e. The Bertz CT molecular complexity index is 511. The first-order valence-corrected chi connectivity index (χ1v) is 7.70. The third kappa shape index (κ3) is 4.48. The molecule has 1 atom stereocenters. The van der Waals surface area contributed by atoms with Crippen LogP contribution in [0.1, 0.15) is 44.6 Å². The van der Waals surface area contributed by atoms with Crippen molar-refractivity contribution >= 4 is 12.1 Å². The zero-order valence-corrected chi connectivity index (χ0v) is 12.9. The van der Waals surface area contributed by atoms with Gasteiger partial charge in [0.2, 0.25) is 0 Å². The van der Waals surface area contributed by atoms with Crippen molar-refractivity contribution in [3.63, 3.8) is 0 Å². The number of aliphatic carboxylic acids is 1. The fourth-order valence-electron chi connectivity index (χ4n) is 3.16. The van der Waals surface area contributed by atoms with Gasteiger partial charge in [-0.3, -0.25) is 4.79 Å². The lowest BCUT2D eigenvalue weighted by molar-refractivity contribution is -0.139. The Kier molecular flexibility index (Phi) is 5.41. The number of benzene rings is 1. The average Bonchev–Trinajstić information content (AvgIpc) is 3.00. The SMILES string of the molecule is CC(CC(=O)O)(NC(=O)OCc1ccccc1)C1CCCC1. The average molecular weight is 305 g/mol. The molecule has 5 nitrogen and oxygen atoms in total. The standard InChI is InChI=1S/C17H23NO4/c1-17(11-15(19)20,14-9-5-6-10-14)18-16(21)22-12-13-7-3-2-4-8-13/h2-4,7-8,14H,5-6,9-12H2,1H3,(H,18,21)(H,19,20). The van der Waals surface area contributed by atoms with Gasteiger partial charge >= 0.3 is 12.1 Å². The molecule has 1 aromatic rings. The minimum atomic E-state index is -0.905. The maximum atomic E-state index is 12.0. The molecule has 1 saturated carbocycles. The van der Waals surface area contributed by atoms with Crippen molar-refractivity contribution in [3.05, 3.63) is 35.9 Å². The highest BCUT2D eigenvalue weighted by molar-refractivity contribution is 5.72. The largest absolute Gasteiger partial charge is 0.481 e. The lowest BCUT2D eigenvalue weighted by Gasteiger charge is -2.34. The van der Waals surface area contributed by atoms with Gasteiger partial charge in [-0.15, -0.1) is 0 Å². The molecule has 1 amide bonds. The number of alkyl carbamates (subject to hydrolysis) is 1. The van der Waals surface area contributed by atoms with Crippen molar-refractivity contribution in [2.75, 3.05) is 0 Å². The highest BCUT2D eigenvalue weighted by Gasteiger charge is 2.39. The number of carboxylic acid groups (broad SMARTS) is 1. The second kappa shape index (κ2) is 7.29. The Labute approximate surface area is 130 Å². The van der Waals surface area contributed by atoms with E-state index in [1.807, 2.05) is 30.3 Å². The second-order valence-corrected chi connectivity index (χ2v) is 6.16. The maximum absolute atomic E-state index is 12.0. The van der Waals surface area contributed by atoms with E-state index in [1.54, 1.807) is 6.92 Å².